The molecule has 1 N–H and O–H groups in total. The summed E-state index contributed by atoms with van der Waals surface area (Å²) in [4.78, 5) is 16.9. The van der Waals surface area contributed by atoms with Gasteiger partial charge in [0.1, 0.15) is 17.8 Å². The fourth-order valence-corrected chi connectivity index (χ4v) is 3.05. The summed E-state index contributed by atoms with van der Waals surface area (Å²) in [6.07, 6.45) is 3.87. The van der Waals surface area contributed by atoms with E-state index in [4.69, 9.17) is 18.6 Å². The predicted octanol–water partition coefficient (Wildman–Crippen LogP) is 4.22. The van der Waals surface area contributed by atoms with Crippen molar-refractivity contribution in [2.24, 2.45) is 5.92 Å². The van der Waals surface area contributed by atoms with Gasteiger partial charge in [-0.1, -0.05) is 0 Å². The average Bonchev–Trinajstić information content (AvgIpc) is 3.50. The zero-order chi connectivity index (χ0) is 21.8. The normalized spacial score (nSPS) is 13.0. The summed E-state index contributed by atoms with van der Waals surface area (Å²) in [6.45, 7) is 0.805. The number of aromatic nitrogens is 1. The molecule has 0 bridgehead atoms. The maximum atomic E-state index is 13.3. The van der Waals surface area contributed by atoms with Gasteiger partial charge in [0.25, 0.3) is 5.91 Å². The van der Waals surface area contributed by atoms with Gasteiger partial charge in [-0.3, -0.25) is 4.79 Å². The van der Waals surface area contributed by atoms with Crippen LogP contribution >= 0.6 is 0 Å². The molecule has 1 aromatic heterocycles. The third kappa shape index (κ3) is 4.96. The molecule has 8 heteroatoms. The molecule has 31 heavy (non-hydrogen) atoms. The summed E-state index contributed by atoms with van der Waals surface area (Å²) in [5.41, 5.74) is 1.52. The van der Waals surface area contributed by atoms with Crippen LogP contribution < -0.4 is 19.5 Å². The van der Waals surface area contributed by atoms with Crippen molar-refractivity contribution in [2.45, 2.75) is 19.4 Å². The topological polar surface area (TPSA) is 82.8 Å². The number of oxazole rings is 1. The van der Waals surface area contributed by atoms with Gasteiger partial charge in [0.2, 0.25) is 5.89 Å². The second kappa shape index (κ2) is 9.07. The highest BCUT2D eigenvalue weighted by molar-refractivity contribution is 5.96. The van der Waals surface area contributed by atoms with E-state index < -0.39 is 11.7 Å². The number of nitrogens with zero attached hydrogens (tertiary/aromatic N) is 1. The lowest BCUT2D eigenvalue weighted by atomic mass is 10.2. The van der Waals surface area contributed by atoms with Crippen LogP contribution in [-0.2, 0) is 6.54 Å². The molecule has 1 aliphatic carbocycles. The Morgan fingerprint density at radius 1 is 1.13 bits per heavy atom. The van der Waals surface area contributed by atoms with E-state index in [0.29, 0.717) is 35.6 Å². The van der Waals surface area contributed by atoms with Crippen molar-refractivity contribution in [3.8, 4) is 28.7 Å². The standard InChI is InChI=1S/C23H23FN2O5/c1-28-19-8-5-15(9-21(19)30-12-14-3-4-14)23-26-17(13-31-23)11-25-22(27)18-7-6-16(24)10-20(18)29-2/h5-10,13-14H,3-4,11-12H2,1-2H3,(H,25,27). The first-order valence-corrected chi connectivity index (χ1v) is 9.94. The Hall–Kier alpha value is -3.55. The molecule has 0 saturated heterocycles. The lowest BCUT2D eigenvalue weighted by molar-refractivity contribution is 0.0947. The highest BCUT2D eigenvalue weighted by atomic mass is 19.1. The van der Waals surface area contributed by atoms with Crippen LogP contribution in [0.5, 0.6) is 17.2 Å². The van der Waals surface area contributed by atoms with Crippen LogP contribution in [0.2, 0.25) is 0 Å². The van der Waals surface area contributed by atoms with Gasteiger partial charge in [-0.25, -0.2) is 9.37 Å². The Kier molecular flexibility index (Phi) is 6.06. The SMILES string of the molecule is COc1ccc(-c2nc(CNC(=O)c3ccc(F)cc3OC)co2)cc1OCC1CC1. The minimum Gasteiger partial charge on any atom is -0.496 e. The molecule has 4 rings (SSSR count). The van der Waals surface area contributed by atoms with Crippen molar-refractivity contribution < 1.29 is 27.8 Å². The quantitative estimate of drug-likeness (QED) is 0.552. The van der Waals surface area contributed by atoms with Crippen LogP contribution in [-0.4, -0.2) is 31.7 Å². The predicted molar refractivity (Wildman–Crippen MR) is 111 cm³/mol. The molecule has 1 heterocycles. The fourth-order valence-electron chi connectivity index (χ4n) is 3.05. The maximum Gasteiger partial charge on any atom is 0.255 e. The van der Waals surface area contributed by atoms with Crippen LogP contribution in [0.1, 0.15) is 28.9 Å². The Bertz CT molecular complexity index is 1080. The first-order chi connectivity index (χ1) is 15.1. The van der Waals surface area contributed by atoms with E-state index in [1.807, 2.05) is 18.2 Å². The van der Waals surface area contributed by atoms with E-state index in [-0.39, 0.29) is 17.9 Å². The number of carbonyl (C=O) groups is 1. The monoisotopic (exact) mass is 426 g/mol. The van der Waals surface area contributed by atoms with E-state index in [1.54, 1.807) is 7.11 Å². The molecule has 0 atom stereocenters. The van der Waals surface area contributed by atoms with Gasteiger partial charge in [0.15, 0.2) is 11.5 Å². The van der Waals surface area contributed by atoms with Gasteiger partial charge < -0.3 is 23.9 Å². The smallest absolute Gasteiger partial charge is 0.255 e. The van der Waals surface area contributed by atoms with Crippen LogP contribution in [0.25, 0.3) is 11.5 Å². The number of ether oxygens (including phenoxy) is 3. The molecule has 2 aromatic carbocycles. The van der Waals surface area contributed by atoms with Gasteiger partial charge in [-0.2, -0.15) is 0 Å². The molecule has 0 aliphatic heterocycles. The van der Waals surface area contributed by atoms with E-state index in [1.165, 1.54) is 38.3 Å². The van der Waals surface area contributed by atoms with Crippen LogP contribution in [0.3, 0.4) is 0 Å². The van der Waals surface area contributed by atoms with Crippen molar-refractivity contribution in [2.75, 3.05) is 20.8 Å². The molecule has 3 aromatic rings. The molecular weight excluding hydrogens is 403 g/mol. The van der Waals surface area contributed by atoms with Crippen LogP contribution in [0.15, 0.2) is 47.1 Å². The number of hydrogen-bond acceptors (Lipinski definition) is 6. The van der Waals surface area contributed by atoms with E-state index >= 15 is 0 Å². The highest BCUT2D eigenvalue weighted by Crippen LogP contribution is 2.35. The number of rotatable bonds is 9. The van der Waals surface area contributed by atoms with Gasteiger partial charge in [-0.15, -0.1) is 0 Å². The van der Waals surface area contributed by atoms with Crippen LogP contribution in [0, 0.1) is 11.7 Å². The van der Waals surface area contributed by atoms with Gasteiger partial charge in [0, 0.05) is 11.6 Å². The zero-order valence-corrected chi connectivity index (χ0v) is 17.3. The third-order valence-electron chi connectivity index (χ3n) is 4.97. The average molecular weight is 426 g/mol. The molecule has 0 radical (unpaired) electrons. The molecule has 0 spiro atoms. The van der Waals surface area contributed by atoms with Crippen molar-refractivity contribution in [3.05, 3.63) is 59.7 Å². The molecule has 0 unspecified atom stereocenters. The Morgan fingerprint density at radius 2 is 1.94 bits per heavy atom. The molecule has 1 saturated carbocycles. The zero-order valence-electron chi connectivity index (χ0n) is 17.3. The third-order valence-corrected chi connectivity index (χ3v) is 4.97. The molecule has 162 valence electrons. The summed E-state index contributed by atoms with van der Waals surface area (Å²) in [6, 6.07) is 9.22. The Balaban J connectivity index is 1.43. The summed E-state index contributed by atoms with van der Waals surface area (Å²) in [7, 11) is 2.98. The Morgan fingerprint density at radius 3 is 2.68 bits per heavy atom. The number of amides is 1. The molecule has 1 amide bonds. The van der Waals surface area contributed by atoms with Crippen molar-refractivity contribution >= 4 is 5.91 Å². The second-order valence-corrected chi connectivity index (χ2v) is 7.29. The van der Waals surface area contributed by atoms with E-state index in [0.717, 1.165) is 11.6 Å². The fraction of sp³-hybridized carbons (Fsp3) is 0.304. The molecular formula is C23H23FN2O5. The van der Waals surface area contributed by atoms with Gasteiger partial charge >= 0.3 is 0 Å². The number of halogens is 1. The summed E-state index contributed by atoms with van der Waals surface area (Å²) in [5.74, 6) is 1.60. The molecule has 1 aliphatic rings. The maximum absolute atomic E-state index is 13.3. The number of nitrogens with one attached hydrogen (secondary N) is 1. The summed E-state index contributed by atoms with van der Waals surface area (Å²) in [5, 5.41) is 2.73. The van der Waals surface area contributed by atoms with Crippen LogP contribution in [0.4, 0.5) is 4.39 Å². The van der Waals surface area contributed by atoms with Gasteiger partial charge in [-0.05, 0) is 49.1 Å². The lowest BCUT2D eigenvalue weighted by Gasteiger charge is -2.11. The molecule has 1 fully saturated rings. The van der Waals surface area contributed by atoms with Crippen molar-refractivity contribution in [1.82, 2.24) is 10.3 Å². The van der Waals surface area contributed by atoms with Crippen molar-refractivity contribution in [3.63, 3.8) is 0 Å². The first-order valence-electron chi connectivity index (χ1n) is 9.94. The van der Waals surface area contributed by atoms with E-state index in [2.05, 4.69) is 10.3 Å². The second-order valence-electron chi connectivity index (χ2n) is 7.29. The summed E-state index contributed by atoms with van der Waals surface area (Å²) >= 11 is 0. The largest absolute Gasteiger partial charge is 0.496 e. The number of benzene rings is 2. The Labute approximate surface area is 179 Å². The van der Waals surface area contributed by atoms with E-state index in [9.17, 15) is 9.18 Å². The lowest BCUT2D eigenvalue weighted by Crippen LogP contribution is -2.23. The number of carbonyl (C=O) groups excluding carboxylic acids is 1. The number of methoxy groups -OCH3 is 2. The minimum absolute atomic E-state index is 0.143. The van der Waals surface area contributed by atoms with Crippen molar-refractivity contribution in [1.29, 1.82) is 0 Å². The highest BCUT2D eigenvalue weighted by Gasteiger charge is 2.23. The first kappa shape index (κ1) is 20.7. The summed E-state index contributed by atoms with van der Waals surface area (Å²) < 4.78 is 35.2. The number of hydrogen-bond donors (Lipinski definition) is 1. The molecule has 7 nitrogen and oxygen atoms in total. The van der Waals surface area contributed by atoms with Gasteiger partial charge in [0.05, 0.1) is 38.6 Å². The minimum atomic E-state index is -0.477.